The molecule has 3 atom stereocenters. The summed E-state index contributed by atoms with van der Waals surface area (Å²) >= 11 is 0. The lowest BCUT2D eigenvalue weighted by Gasteiger charge is -2.28. The Kier molecular flexibility index (Phi) is 4.12. The predicted octanol–water partition coefficient (Wildman–Crippen LogP) is 0.00470. The lowest BCUT2D eigenvalue weighted by molar-refractivity contribution is -0.134. The molecule has 1 aliphatic heterocycles. The molecule has 0 aromatic rings. The fraction of sp³-hybridized carbons (Fsp3) is 0.800. The molecule has 3 N–H and O–H groups in total. The summed E-state index contributed by atoms with van der Waals surface area (Å²) in [7, 11) is 1.72. The number of likely N-dealkylation sites (N-methyl/N-ethyl adjacent to an activating group) is 1. The van der Waals surface area contributed by atoms with Gasteiger partial charge in [0.05, 0.1) is 18.1 Å². The van der Waals surface area contributed by atoms with E-state index in [9.17, 15) is 4.79 Å². The van der Waals surface area contributed by atoms with Crippen LogP contribution >= 0.6 is 0 Å². The highest BCUT2D eigenvalue weighted by atomic mass is 16.5. The first-order valence-corrected chi connectivity index (χ1v) is 5.34. The third kappa shape index (κ3) is 2.44. The average Bonchev–Trinajstić information content (AvgIpc) is 2.71. The normalized spacial score (nSPS) is 27.8. The zero-order valence-electron chi connectivity index (χ0n) is 9.88. The van der Waals surface area contributed by atoms with Crippen molar-refractivity contribution >= 4 is 11.7 Å². The third-order valence-electron chi connectivity index (χ3n) is 3.11. The van der Waals surface area contributed by atoms with Crippen LogP contribution in [-0.2, 0) is 9.53 Å². The smallest absolute Gasteiger partial charge is 0.233 e. The van der Waals surface area contributed by atoms with Crippen molar-refractivity contribution in [2.24, 2.45) is 16.8 Å². The van der Waals surface area contributed by atoms with Gasteiger partial charge >= 0.3 is 0 Å². The molecule has 1 saturated heterocycles. The van der Waals surface area contributed by atoms with Gasteiger partial charge in [-0.3, -0.25) is 4.79 Å². The average molecular weight is 229 g/mol. The van der Waals surface area contributed by atoms with Gasteiger partial charge in [0.2, 0.25) is 5.91 Å². The minimum absolute atomic E-state index is 0.0356. The number of nitrogens with two attached hydrogens (primary N) is 1. The number of amidine groups is 1. The summed E-state index contributed by atoms with van der Waals surface area (Å²) in [5.41, 5.74) is 5.41. The van der Waals surface area contributed by atoms with E-state index < -0.39 is 5.92 Å². The van der Waals surface area contributed by atoms with Gasteiger partial charge in [-0.25, -0.2) is 0 Å². The number of rotatable bonds is 3. The second kappa shape index (κ2) is 5.16. The number of nitrogens with zero attached hydrogens (tertiary/aromatic N) is 2. The van der Waals surface area contributed by atoms with Gasteiger partial charge in [-0.2, -0.15) is 0 Å². The van der Waals surface area contributed by atoms with E-state index in [0.29, 0.717) is 6.61 Å². The van der Waals surface area contributed by atoms with Crippen molar-refractivity contribution in [2.75, 3.05) is 13.7 Å². The van der Waals surface area contributed by atoms with E-state index in [2.05, 4.69) is 5.16 Å². The molecular formula is C10H19N3O3. The Morgan fingerprint density at radius 3 is 2.75 bits per heavy atom. The molecular weight excluding hydrogens is 210 g/mol. The Balaban J connectivity index is 2.66. The molecule has 0 aliphatic carbocycles. The van der Waals surface area contributed by atoms with E-state index >= 15 is 0 Å². The van der Waals surface area contributed by atoms with Gasteiger partial charge in [0.15, 0.2) is 5.84 Å². The molecule has 0 spiro atoms. The predicted molar refractivity (Wildman–Crippen MR) is 59.2 cm³/mol. The van der Waals surface area contributed by atoms with Gasteiger partial charge in [0.1, 0.15) is 0 Å². The Bertz CT molecular complexity index is 293. The number of hydrogen-bond acceptors (Lipinski definition) is 4. The Morgan fingerprint density at radius 1 is 1.69 bits per heavy atom. The van der Waals surface area contributed by atoms with Crippen LogP contribution < -0.4 is 5.73 Å². The van der Waals surface area contributed by atoms with Crippen LogP contribution in [0.5, 0.6) is 0 Å². The second-order valence-electron chi connectivity index (χ2n) is 4.13. The highest BCUT2D eigenvalue weighted by molar-refractivity contribution is 6.01. The first-order valence-electron chi connectivity index (χ1n) is 5.34. The number of carbonyl (C=O) groups is 1. The van der Waals surface area contributed by atoms with E-state index in [-0.39, 0.29) is 23.9 Å². The minimum Gasteiger partial charge on any atom is -0.409 e. The highest BCUT2D eigenvalue weighted by Gasteiger charge is 2.33. The van der Waals surface area contributed by atoms with Crippen molar-refractivity contribution in [3.05, 3.63) is 0 Å². The summed E-state index contributed by atoms with van der Waals surface area (Å²) in [4.78, 5) is 13.6. The van der Waals surface area contributed by atoms with Gasteiger partial charge in [-0.05, 0) is 20.3 Å². The van der Waals surface area contributed by atoms with Crippen molar-refractivity contribution in [1.82, 2.24) is 4.90 Å². The number of ether oxygens (including phenoxy) is 1. The first-order chi connectivity index (χ1) is 7.49. The molecule has 0 radical (unpaired) electrons. The number of oxime groups is 1. The SMILES string of the molecule is CC(C(=O)N(C)C1CCOC1C)C(N)=NO. The zero-order chi connectivity index (χ0) is 12.3. The number of hydrogen-bond donors (Lipinski definition) is 2. The van der Waals surface area contributed by atoms with Crippen LogP contribution in [0.15, 0.2) is 5.16 Å². The molecule has 0 aromatic carbocycles. The molecule has 3 unspecified atom stereocenters. The van der Waals surface area contributed by atoms with Gasteiger partial charge < -0.3 is 20.6 Å². The Labute approximate surface area is 95.0 Å². The van der Waals surface area contributed by atoms with Gasteiger partial charge in [0.25, 0.3) is 0 Å². The number of carbonyl (C=O) groups excluding carboxylic acids is 1. The number of amides is 1. The molecule has 0 bridgehead atoms. The Morgan fingerprint density at radius 2 is 2.31 bits per heavy atom. The molecule has 1 aliphatic rings. The van der Waals surface area contributed by atoms with Crippen LogP contribution in [0.1, 0.15) is 20.3 Å². The Hall–Kier alpha value is -1.30. The fourth-order valence-corrected chi connectivity index (χ4v) is 1.91. The van der Waals surface area contributed by atoms with Crippen molar-refractivity contribution in [3.8, 4) is 0 Å². The second-order valence-corrected chi connectivity index (χ2v) is 4.13. The van der Waals surface area contributed by atoms with E-state index in [0.717, 1.165) is 6.42 Å². The van der Waals surface area contributed by atoms with Crippen LogP contribution in [-0.4, -0.2) is 47.7 Å². The molecule has 6 heteroatoms. The molecule has 6 nitrogen and oxygen atoms in total. The molecule has 92 valence electrons. The van der Waals surface area contributed by atoms with E-state index in [1.54, 1.807) is 18.9 Å². The topological polar surface area (TPSA) is 88.2 Å². The quantitative estimate of drug-likeness (QED) is 0.309. The zero-order valence-corrected chi connectivity index (χ0v) is 9.88. The molecule has 1 fully saturated rings. The maximum Gasteiger partial charge on any atom is 0.233 e. The van der Waals surface area contributed by atoms with Crippen molar-refractivity contribution in [3.63, 3.8) is 0 Å². The molecule has 1 heterocycles. The maximum atomic E-state index is 12.0. The summed E-state index contributed by atoms with van der Waals surface area (Å²) in [5.74, 6) is -0.830. The van der Waals surface area contributed by atoms with Crippen LogP contribution in [0.25, 0.3) is 0 Å². The largest absolute Gasteiger partial charge is 0.409 e. The van der Waals surface area contributed by atoms with Gasteiger partial charge in [-0.1, -0.05) is 5.16 Å². The van der Waals surface area contributed by atoms with E-state index in [1.165, 1.54) is 0 Å². The van der Waals surface area contributed by atoms with Gasteiger partial charge in [0, 0.05) is 13.7 Å². The summed E-state index contributed by atoms with van der Waals surface area (Å²) in [6.07, 6.45) is 0.861. The molecule has 0 aromatic heterocycles. The van der Waals surface area contributed by atoms with Gasteiger partial charge in [-0.15, -0.1) is 0 Å². The van der Waals surface area contributed by atoms with Crippen LogP contribution in [0, 0.1) is 5.92 Å². The molecule has 1 rings (SSSR count). The lowest BCUT2D eigenvalue weighted by Crippen LogP contribution is -2.46. The van der Waals surface area contributed by atoms with Crippen LogP contribution in [0.3, 0.4) is 0 Å². The standard InChI is InChI=1S/C10H19N3O3/c1-6(9(11)12-15)10(14)13(3)8-4-5-16-7(8)2/h6-8,15H,4-5H2,1-3H3,(H2,11,12). The van der Waals surface area contributed by atoms with Crippen LogP contribution in [0.2, 0.25) is 0 Å². The fourth-order valence-electron chi connectivity index (χ4n) is 1.91. The summed E-state index contributed by atoms with van der Waals surface area (Å²) in [6.45, 7) is 4.23. The highest BCUT2D eigenvalue weighted by Crippen LogP contribution is 2.19. The lowest BCUT2D eigenvalue weighted by atomic mass is 10.1. The summed E-state index contributed by atoms with van der Waals surface area (Å²) in [5, 5.41) is 11.4. The summed E-state index contributed by atoms with van der Waals surface area (Å²) < 4.78 is 5.40. The van der Waals surface area contributed by atoms with E-state index in [1.807, 2.05) is 6.92 Å². The first kappa shape index (κ1) is 12.8. The minimum atomic E-state index is -0.609. The molecule has 1 amide bonds. The van der Waals surface area contributed by atoms with Crippen molar-refractivity contribution in [1.29, 1.82) is 0 Å². The van der Waals surface area contributed by atoms with Crippen LogP contribution in [0.4, 0.5) is 0 Å². The van der Waals surface area contributed by atoms with Crippen molar-refractivity contribution in [2.45, 2.75) is 32.4 Å². The third-order valence-corrected chi connectivity index (χ3v) is 3.11. The monoisotopic (exact) mass is 229 g/mol. The molecule has 16 heavy (non-hydrogen) atoms. The van der Waals surface area contributed by atoms with Crippen molar-refractivity contribution < 1.29 is 14.7 Å². The van der Waals surface area contributed by atoms with E-state index in [4.69, 9.17) is 15.7 Å². The maximum absolute atomic E-state index is 12.0. The summed E-state index contributed by atoms with van der Waals surface area (Å²) in [6, 6.07) is 0.0708. The molecule has 0 saturated carbocycles.